The van der Waals surface area contributed by atoms with E-state index in [4.69, 9.17) is 0 Å². The Bertz CT molecular complexity index is 906. The maximum absolute atomic E-state index is 12.8. The minimum Gasteiger partial charge on any atom is -0.369 e. The van der Waals surface area contributed by atoms with E-state index in [0.717, 1.165) is 30.9 Å². The molecule has 26 heavy (non-hydrogen) atoms. The normalized spacial score (nSPS) is 12.7. The van der Waals surface area contributed by atoms with E-state index in [1.165, 1.54) is 11.1 Å². The molecule has 0 bridgehead atoms. The van der Waals surface area contributed by atoms with Gasteiger partial charge in [0.15, 0.2) is 0 Å². The highest BCUT2D eigenvalue weighted by molar-refractivity contribution is 6.06. The number of benzene rings is 2. The highest BCUT2D eigenvalue weighted by atomic mass is 16.2. The molecule has 0 aliphatic carbocycles. The summed E-state index contributed by atoms with van der Waals surface area (Å²) in [6, 6.07) is 22.2. The number of amides is 1. The Balaban J connectivity index is 1.48. The number of hydrogen-bond acceptors (Lipinski definition) is 3. The Labute approximate surface area is 153 Å². The lowest BCUT2D eigenvalue weighted by Gasteiger charge is -2.20. The van der Waals surface area contributed by atoms with Crippen LogP contribution < -0.4 is 9.80 Å². The highest BCUT2D eigenvalue weighted by Gasteiger charge is 2.25. The molecule has 0 unspecified atom stereocenters. The molecule has 4 heteroatoms. The van der Waals surface area contributed by atoms with Crippen LogP contribution in [0.5, 0.6) is 0 Å². The van der Waals surface area contributed by atoms with Crippen molar-refractivity contribution in [2.24, 2.45) is 0 Å². The van der Waals surface area contributed by atoms with Gasteiger partial charge in [0, 0.05) is 25.8 Å². The average molecular weight is 343 g/mol. The number of rotatable bonds is 4. The number of pyridine rings is 1. The molecule has 130 valence electrons. The van der Waals surface area contributed by atoms with Gasteiger partial charge >= 0.3 is 0 Å². The van der Waals surface area contributed by atoms with Crippen LogP contribution in [-0.4, -0.2) is 24.5 Å². The molecule has 0 atom stereocenters. The van der Waals surface area contributed by atoms with E-state index in [0.29, 0.717) is 5.69 Å². The number of para-hydroxylation sites is 1. The maximum Gasteiger partial charge on any atom is 0.276 e. The fraction of sp³-hybridized carbons (Fsp3) is 0.182. The Hall–Kier alpha value is -3.14. The summed E-state index contributed by atoms with van der Waals surface area (Å²) in [6.45, 7) is 1.52. The van der Waals surface area contributed by atoms with Crippen LogP contribution in [0.15, 0.2) is 72.9 Å². The molecule has 2 heterocycles. The van der Waals surface area contributed by atoms with Gasteiger partial charge in [0.2, 0.25) is 0 Å². The third-order valence-corrected chi connectivity index (χ3v) is 4.80. The predicted molar refractivity (Wildman–Crippen MR) is 105 cm³/mol. The standard InChI is InChI=1S/C22H21N3O/c1-24(16-17-7-3-2-4-8-17)19-11-12-20(23-15-19)22(26)25-14-13-18-9-5-6-10-21(18)25/h2-12,15H,13-14,16H2,1H3. The molecule has 0 spiro atoms. The quantitative estimate of drug-likeness (QED) is 0.720. The molecule has 2 aromatic carbocycles. The zero-order chi connectivity index (χ0) is 17.9. The van der Waals surface area contributed by atoms with Crippen LogP contribution in [-0.2, 0) is 13.0 Å². The lowest BCUT2D eigenvalue weighted by molar-refractivity contribution is 0.0984. The molecular weight excluding hydrogens is 322 g/mol. The molecule has 1 aromatic heterocycles. The summed E-state index contributed by atoms with van der Waals surface area (Å²) in [7, 11) is 2.03. The molecule has 0 fully saturated rings. The predicted octanol–water partition coefficient (Wildman–Crippen LogP) is 3.92. The van der Waals surface area contributed by atoms with Gasteiger partial charge in [-0.3, -0.25) is 4.79 Å². The summed E-state index contributed by atoms with van der Waals surface area (Å²) >= 11 is 0. The summed E-state index contributed by atoms with van der Waals surface area (Å²) in [5.74, 6) is -0.0350. The zero-order valence-electron chi connectivity index (χ0n) is 14.8. The maximum atomic E-state index is 12.8. The second-order valence-corrected chi connectivity index (χ2v) is 6.58. The van der Waals surface area contributed by atoms with Gasteiger partial charge in [-0.25, -0.2) is 4.98 Å². The molecule has 1 amide bonds. The molecule has 0 saturated carbocycles. The van der Waals surface area contributed by atoms with Crippen molar-refractivity contribution in [1.29, 1.82) is 0 Å². The van der Waals surface area contributed by atoms with Crippen molar-refractivity contribution >= 4 is 17.3 Å². The van der Waals surface area contributed by atoms with Crippen molar-refractivity contribution in [1.82, 2.24) is 4.98 Å². The van der Waals surface area contributed by atoms with Gasteiger partial charge in [-0.2, -0.15) is 0 Å². The third-order valence-electron chi connectivity index (χ3n) is 4.80. The summed E-state index contributed by atoms with van der Waals surface area (Å²) in [5, 5.41) is 0. The molecule has 0 saturated heterocycles. The van der Waals surface area contributed by atoms with E-state index in [2.05, 4.69) is 28.1 Å². The van der Waals surface area contributed by atoms with E-state index in [-0.39, 0.29) is 5.91 Å². The lowest BCUT2D eigenvalue weighted by Crippen LogP contribution is -2.29. The SMILES string of the molecule is CN(Cc1ccccc1)c1ccc(C(=O)N2CCc3ccccc32)nc1. The fourth-order valence-corrected chi connectivity index (χ4v) is 3.37. The highest BCUT2D eigenvalue weighted by Crippen LogP contribution is 2.28. The Morgan fingerprint density at radius 3 is 2.58 bits per heavy atom. The number of anilines is 2. The third kappa shape index (κ3) is 3.18. The van der Waals surface area contributed by atoms with E-state index in [1.807, 2.05) is 60.5 Å². The molecule has 1 aliphatic heterocycles. The monoisotopic (exact) mass is 343 g/mol. The van der Waals surface area contributed by atoms with E-state index >= 15 is 0 Å². The minimum atomic E-state index is -0.0350. The lowest BCUT2D eigenvalue weighted by atomic mass is 10.2. The molecule has 1 aliphatic rings. The van der Waals surface area contributed by atoms with E-state index < -0.39 is 0 Å². The van der Waals surface area contributed by atoms with E-state index in [1.54, 1.807) is 6.20 Å². The van der Waals surface area contributed by atoms with Crippen LogP contribution in [0.25, 0.3) is 0 Å². The number of nitrogens with zero attached hydrogens (tertiary/aromatic N) is 3. The number of carbonyl (C=O) groups is 1. The summed E-state index contributed by atoms with van der Waals surface area (Å²) in [4.78, 5) is 21.2. The van der Waals surface area contributed by atoms with Gasteiger partial charge in [-0.1, -0.05) is 48.5 Å². The van der Waals surface area contributed by atoms with Gasteiger partial charge in [0.25, 0.3) is 5.91 Å². The minimum absolute atomic E-state index is 0.0350. The first-order valence-corrected chi connectivity index (χ1v) is 8.83. The number of carbonyl (C=O) groups excluding carboxylic acids is 1. The van der Waals surface area contributed by atoms with Gasteiger partial charge in [-0.15, -0.1) is 0 Å². The van der Waals surface area contributed by atoms with Crippen molar-refractivity contribution in [2.75, 3.05) is 23.4 Å². The summed E-state index contributed by atoms with van der Waals surface area (Å²) in [6.07, 6.45) is 2.68. The number of fused-ring (bicyclic) bond motifs is 1. The molecular formula is C22H21N3O. The van der Waals surface area contributed by atoms with Gasteiger partial charge < -0.3 is 9.80 Å². The van der Waals surface area contributed by atoms with Crippen molar-refractivity contribution in [3.8, 4) is 0 Å². The van der Waals surface area contributed by atoms with Crippen LogP contribution in [0.1, 0.15) is 21.6 Å². The van der Waals surface area contributed by atoms with Crippen LogP contribution in [0.4, 0.5) is 11.4 Å². The summed E-state index contributed by atoms with van der Waals surface area (Å²) < 4.78 is 0. The molecule has 4 nitrogen and oxygen atoms in total. The fourth-order valence-electron chi connectivity index (χ4n) is 3.37. The Morgan fingerprint density at radius 2 is 1.81 bits per heavy atom. The topological polar surface area (TPSA) is 36.4 Å². The zero-order valence-corrected chi connectivity index (χ0v) is 14.8. The van der Waals surface area contributed by atoms with Crippen LogP contribution in [0.3, 0.4) is 0 Å². The van der Waals surface area contributed by atoms with Crippen LogP contribution in [0, 0.1) is 0 Å². The molecule has 0 radical (unpaired) electrons. The molecule has 0 N–H and O–H groups in total. The number of hydrogen-bond donors (Lipinski definition) is 0. The van der Waals surface area contributed by atoms with Crippen molar-refractivity contribution in [3.63, 3.8) is 0 Å². The van der Waals surface area contributed by atoms with Crippen molar-refractivity contribution in [2.45, 2.75) is 13.0 Å². The van der Waals surface area contributed by atoms with E-state index in [9.17, 15) is 4.79 Å². The molecule has 4 rings (SSSR count). The second kappa shape index (κ2) is 7.00. The second-order valence-electron chi connectivity index (χ2n) is 6.58. The first-order chi connectivity index (χ1) is 12.7. The summed E-state index contributed by atoms with van der Waals surface area (Å²) in [5.41, 5.74) is 4.94. The Kier molecular flexibility index (Phi) is 4.40. The largest absolute Gasteiger partial charge is 0.369 e. The Morgan fingerprint density at radius 1 is 1.04 bits per heavy atom. The van der Waals surface area contributed by atoms with Crippen molar-refractivity contribution < 1.29 is 4.79 Å². The smallest absolute Gasteiger partial charge is 0.276 e. The number of aromatic nitrogens is 1. The van der Waals surface area contributed by atoms with Gasteiger partial charge in [0.1, 0.15) is 5.69 Å². The van der Waals surface area contributed by atoms with Gasteiger partial charge in [-0.05, 0) is 35.7 Å². The van der Waals surface area contributed by atoms with Crippen LogP contribution in [0.2, 0.25) is 0 Å². The van der Waals surface area contributed by atoms with Crippen molar-refractivity contribution in [3.05, 3.63) is 89.7 Å². The molecule has 3 aromatic rings. The van der Waals surface area contributed by atoms with Gasteiger partial charge in [0.05, 0.1) is 11.9 Å². The average Bonchev–Trinajstić information content (AvgIpc) is 3.12. The first-order valence-electron chi connectivity index (χ1n) is 8.83. The first kappa shape index (κ1) is 16.3. The van der Waals surface area contributed by atoms with Crippen LogP contribution >= 0.6 is 0 Å².